The van der Waals surface area contributed by atoms with Crippen LogP contribution in [0.2, 0.25) is 0 Å². The van der Waals surface area contributed by atoms with E-state index in [1.807, 2.05) is 35.2 Å². The maximum Gasteiger partial charge on any atom is 0.410 e. The van der Waals surface area contributed by atoms with Gasteiger partial charge in [0.15, 0.2) is 5.78 Å². The van der Waals surface area contributed by atoms with Gasteiger partial charge in [0.05, 0.1) is 25.3 Å². The van der Waals surface area contributed by atoms with Gasteiger partial charge in [-0.2, -0.15) is 0 Å². The van der Waals surface area contributed by atoms with Gasteiger partial charge in [-0.25, -0.2) is 4.79 Å². The molecule has 5 heteroatoms. The van der Waals surface area contributed by atoms with Crippen LogP contribution in [0.15, 0.2) is 72.8 Å². The van der Waals surface area contributed by atoms with E-state index in [9.17, 15) is 9.59 Å². The SMILES string of the molecule is CC(C)c1cccc(C(=O)C2CC3COCC(C2)N3C(=O)OCC2c3ccccc3-c3ccccc32)c1. The summed E-state index contributed by atoms with van der Waals surface area (Å²) in [6.07, 6.45) is 0.907. The zero-order chi connectivity index (χ0) is 25.5. The first-order chi connectivity index (χ1) is 18.0. The van der Waals surface area contributed by atoms with E-state index in [0.717, 1.165) is 5.56 Å². The Labute approximate surface area is 218 Å². The van der Waals surface area contributed by atoms with Gasteiger partial charge < -0.3 is 9.47 Å². The molecule has 2 bridgehead atoms. The summed E-state index contributed by atoms with van der Waals surface area (Å²) in [5.74, 6) is 0.460. The molecule has 2 saturated heterocycles. The number of Topliss-reactive ketones (excluding diaryl/α,β-unsaturated/α-hetero) is 1. The highest BCUT2D eigenvalue weighted by molar-refractivity contribution is 5.98. The van der Waals surface area contributed by atoms with Gasteiger partial charge in [0.25, 0.3) is 0 Å². The fraction of sp³-hybridized carbons (Fsp3) is 0.375. The summed E-state index contributed by atoms with van der Waals surface area (Å²) < 4.78 is 11.8. The summed E-state index contributed by atoms with van der Waals surface area (Å²) in [6, 6.07) is 24.4. The standard InChI is InChI=1S/C32H33NO4/c1-20(2)21-8-7-9-22(14-21)31(34)23-15-24-17-36-18-25(16-23)33(24)32(35)37-19-30-28-12-5-3-10-26(28)27-11-4-6-13-29(27)30/h3-14,20,23-25,30H,15-19H2,1-2H3. The van der Waals surface area contributed by atoms with E-state index in [2.05, 4.69) is 56.3 Å². The molecule has 37 heavy (non-hydrogen) atoms. The van der Waals surface area contributed by atoms with Gasteiger partial charge >= 0.3 is 6.09 Å². The van der Waals surface area contributed by atoms with Crippen molar-refractivity contribution in [2.24, 2.45) is 5.92 Å². The molecule has 2 atom stereocenters. The van der Waals surface area contributed by atoms with E-state index in [1.54, 1.807) is 0 Å². The lowest BCUT2D eigenvalue weighted by Crippen LogP contribution is -2.60. The number of hydrogen-bond acceptors (Lipinski definition) is 4. The average molecular weight is 496 g/mol. The van der Waals surface area contributed by atoms with Gasteiger partial charge in [-0.3, -0.25) is 9.69 Å². The summed E-state index contributed by atoms with van der Waals surface area (Å²) >= 11 is 0. The van der Waals surface area contributed by atoms with Crippen LogP contribution in [0.25, 0.3) is 11.1 Å². The maximum absolute atomic E-state index is 13.4. The van der Waals surface area contributed by atoms with Crippen molar-refractivity contribution < 1.29 is 19.1 Å². The number of hydrogen-bond donors (Lipinski definition) is 0. The molecule has 0 saturated carbocycles. The van der Waals surface area contributed by atoms with E-state index in [-0.39, 0.29) is 35.8 Å². The first kappa shape index (κ1) is 23.9. The van der Waals surface area contributed by atoms with Crippen molar-refractivity contribution >= 4 is 11.9 Å². The van der Waals surface area contributed by atoms with Gasteiger partial charge in [0, 0.05) is 17.4 Å². The number of ether oxygens (including phenoxy) is 2. The minimum atomic E-state index is -0.298. The van der Waals surface area contributed by atoms with Crippen LogP contribution in [-0.2, 0) is 9.47 Å². The van der Waals surface area contributed by atoms with Crippen molar-refractivity contribution in [1.82, 2.24) is 4.90 Å². The Bertz CT molecular complexity index is 1270. The fourth-order valence-electron chi connectivity index (χ4n) is 6.38. The molecule has 0 radical (unpaired) electrons. The lowest BCUT2D eigenvalue weighted by Gasteiger charge is -2.47. The Morgan fingerprint density at radius 3 is 2.14 bits per heavy atom. The van der Waals surface area contributed by atoms with Crippen LogP contribution < -0.4 is 0 Å². The number of carbonyl (C=O) groups excluding carboxylic acids is 2. The number of nitrogens with zero attached hydrogens (tertiary/aromatic N) is 1. The second-order valence-corrected chi connectivity index (χ2v) is 10.9. The third kappa shape index (κ3) is 4.36. The number of piperidine rings is 1. The normalized spacial score (nSPS) is 22.5. The van der Waals surface area contributed by atoms with Crippen LogP contribution >= 0.6 is 0 Å². The van der Waals surface area contributed by atoms with E-state index in [0.29, 0.717) is 38.6 Å². The molecule has 6 rings (SSSR count). The summed E-state index contributed by atoms with van der Waals surface area (Å²) in [5.41, 5.74) is 6.77. The quantitative estimate of drug-likeness (QED) is 0.383. The van der Waals surface area contributed by atoms with Gasteiger partial charge in [0.2, 0.25) is 0 Å². The molecule has 0 aromatic heterocycles. The van der Waals surface area contributed by atoms with Crippen molar-refractivity contribution in [1.29, 1.82) is 0 Å². The molecule has 2 heterocycles. The van der Waals surface area contributed by atoms with Crippen molar-refractivity contribution in [2.45, 2.75) is 50.6 Å². The highest BCUT2D eigenvalue weighted by Crippen LogP contribution is 2.44. The van der Waals surface area contributed by atoms with E-state index >= 15 is 0 Å². The second kappa shape index (κ2) is 9.79. The van der Waals surface area contributed by atoms with Crippen molar-refractivity contribution in [3.8, 4) is 11.1 Å². The Hall–Kier alpha value is -3.44. The topological polar surface area (TPSA) is 55.8 Å². The van der Waals surface area contributed by atoms with E-state index in [4.69, 9.17) is 9.47 Å². The highest BCUT2D eigenvalue weighted by Gasteiger charge is 2.45. The maximum atomic E-state index is 13.4. The van der Waals surface area contributed by atoms with Crippen LogP contribution in [0, 0.1) is 5.92 Å². The third-order valence-corrected chi connectivity index (χ3v) is 8.28. The summed E-state index contributed by atoms with van der Waals surface area (Å²) in [7, 11) is 0. The van der Waals surface area contributed by atoms with Gasteiger partial charge in [-0.05, 0) is 52.6 Å². The molecule has 0 spiro atoms. The summed E-state index contributed by atoms with van der Waals surface area (Å²) in [5, 5.41) is 0. The number of carbonyl (C=O) groups is 2. The Kier molecular flexibility index (Phi) is 6.33. The minimum Gasteiger partial charge on any atom is -0.448 e. The molecule has 1 amide bonds. The van der Waals surface area contributed by atoms with Gasteiger partial charge in [-0.1, -0.05) is 80.6 Å². The zero-order valence-electron chi connectivity index (χ0n) is 21.4. The van der Waals surface area contributed by atoms with Crippen LogP contribution in [0.5, 0.6) is 0 Å². The monoisotopic (exact) mass is 495 g/mol. The minimum absolute atomic E-state index is 0.0276. The molecule has 0 N–H and O–H groups in total. The molecule has 3 aromatic rings. The first-order valence-electron chi connectivity index (χ1n) is 13.4. The summed E-state index contributed by atoms with van der Waals surface area (Å²) in [6.45, 7) is 5.46. The second-order valence-electron chi connectivity index (χ2n) is 10.9. The van der Waals surface area contributed by atoms with E-state index in [1.165, 1.54) is 27.8 Å². The van der Waals surface area contributed by atoms with Gasteiger partial charge in [0.1, 0.15) is 6.61 Å². The van der Waals surface area contributed by atoms with Crippen molar-refractivity contribution in [2.75, 3.05) is 19.8 Å². The molecule has 3 aromatic carbocycles. The number of benzene rings is 3. The molecule has 2 unspecified atom stereocenters. The number of morpholine rings is 1. The first-order valence-corrected chi connectivity index (χ1v) is 13.4. The predicted octanol–water partition coefficient (Wildman–Crippen LogP) is 6.42. The van der Waals surface area contributed by atoms with E-state index < -0.39 is 0 Å². The lowest BCUT2D eigenvalue weighted by molar-refractivity contribution is -0.0747. The fourth-order valence-corrected chi connectivity index (χ4v) is 6.38. The third-order valence-electron chi connectivity index (χ3n) is 8.28. The Balaban J connectivity index is 1.16. The zero-order valence-corrected chi connectivity index (χ0v) is 21.4. The molecule has 2 aliphatic heterocycles. The smallest absolute Gasteiger partial charge is 0.410 e. The lowest BCUT2D eigenvalue weighted by atomic mass is 9.80. The van der Waals surface area contributed by atoms with Crippen molar-refractivity contribution in [3.63, 3.8) is 0 Å². The molecule has 190 valence electrons. The van der Waals surface area contributed by atoms with Crippen LogP contribution in [0.4, 0.5) is 4.79 Å². The molecule has 2 fully saturated rings. The number of amides is 1. The molecular weight excluding hydrogens is 462 g/mol. The number of ketones is 1. The molecule has 3 aliphatic rings. The van der Waals surface area contributed by atoms with Crippen molar-refractivity contribution in [3.05, 3.63) is 95.1 Å². The van der Waals surface area contributed by atoms with Crippen LogP contribution in [0.3, 0.4) is 0 Å². The molecular formula is C32H33NO4. The predicted molar refractivity (Wildman–Crippen MR) is 143 cm³/mol. The molecule has 1 aliphatic carbocycles. The largest absolute Gasteiger partial charge is 0.448 e. The number of fused-ring (bicyclic) bond motifs is 5. The summed E-state index contributed by atoms with van der Waals surface area (Å²) in [4.78, 5) is 28.7. The van der Waals surface area contributed by atoms with Crippen LogP contribution in [0.1, 0.15) is 65.6 Å². The Morgan fingerprint density at radius 1 is 0.892 bits per heavy atom. The Morgan fingerprint density at radius 2 is 1.51 bits per heavy atom. The average Bonchev–Trinajstić information content (AvgIpc) is 3.24. The highest BCUT2D eigenvalue weighted by atomic mass is 16.6. The number of rotatable bonds is 5. The van der Waals surface area contributed by atoms with Gasteiger partial charge in [-0.15, -0.1) is 0 Å². The van der Waals surface area contributed by atoms with Crippen LogP contribution in [-0.4, -0.2) is 48.7 Å². The molecule has 5 nitrogen and oxygen atoms in total.